The van der Waals surface area contributed by atoms with Crippen molar-refractivity contribution in [2.75, 3.05) is 19.6 Å². The molecule has 26 heavy (non-hydrogen) atoms. The van der Waals surface area contributed by atoms with Crippen LogP contribution in [0.3, 0.4) is 0 Å². The maximum atomic E-state index is 12.9. The normalized spacial score (nSPS) is 26.0. The van der Waals surface area contributed by atoms with E-state index in [4.69, 9.17) is 0 Å². The standard InChI is InChI=1S/C18H21N5O3/c24-15-4-9-23(11-18(15)5-1-6-20-17(18)26)16(25)14-10-13(21-22-14)12-2-7-19-8-3-12/h2-3,7-8,10,15,24H,1,4-6,9,11H2,(H,20,26)(H,21,22)/t15-,18-/m1/s1. The molecule has 2 atom stereocenters. The zero-order valence-corrected chi connectivity index (χ0v) is 14.3. The Bertz CT molecular complexity index is 821. The Kier molecular flexibility index (Phi) is 4.20. The van der Waals surface area contributed by atoms with Gasteiger partial charge in [0.1, 0.15) is 5.69 Å². The second-order valence-electron chi connectivity index (χ2n) is 6.95. The molecular weight excluding hydrogens is 334 g/mol. The molecule has 4 heterocycles. The van der Waals surface area contributed by atoms with Crippen LogP contribution in [0.15, 0.2) is 30.6 Å². The summed E-state index contributed by atoms with van der Waals surface area (Å²) in [7, 11) is 0. The lowest BCUT2D eigenvalue weighted by molar-refractivity contribution is -0.147. The largest absolute Gasteiger partial charge is 0.392 e. The van der Waals surface area contributed by atoms with E-state index in [-0.39, 0.29) is 18.4 Å². The molecular formula is C18H21N5O3. The van der Waals surface area contributed by atoms with Crippen molar-refractivity contribution in [2.45, 2.75) is 25.4 Å². The maximum Gasteiger partial charge on any atom is 0.271 e. The van der Waals surface area contributed by atoms with E-state index in [1.54, 1.807) is 23.4 Å². The number of rotatable bonds is 2. The summed E-state index contributed by atoms with van der Waals surface area (Å²) in [6, 6.07) is 5.35. The third-order valence-corrected chi connectivity index (χ3v) is 5.39. The van der Waals surface area contributed by atoms with E-state index in [9.17, 15) is 14.7 Å². The average Bonchev–Trinajstić information content (AvgIpc) is 3.16. The molecule has 2 aliphatic heterocycles. The highest BCUT2D eigenvalue weighted by Crippen LogP contribution is 2.37. The molecule has 2 fully saturated rings. The van der Waals surface area contributed by atoms with Gasteiger partial charge in [-0.3, -0.25) is 19.7 Å². The fraction of sp³-hybridized carbons (Fsp3) is 0.444. The van der Waals surface area contributed by atoms with Crippen molar-refractivity contribution in [3.63, 3.8) is 0 Å². The Morgan fingerprint density at radius 3 is 2.92 bits per heavy atom. The number of aromatic nitrogens is 3. The lowest BCUT2D eigenvalue weighted by Crippen LogP contribution is -2.62. The van der Waals surface area contributed by atoms with Crippen molar-refractivity contribution in [2.24, 2.45) is 5.41 Å². The Labute approximate surface area is 150 Å². The number of nitrogens with zero attached hydrogens (tertiary/aromatic N) is 3. The SMILES string of the molecule is O=C(c1cc(-c2ccncc2)n[nH]1)N1CC[C@@H](O)[C@@]2(CCCNC2=O)C1. The van der Waals surface area contributed by atoms with Crippen molar-refractivity contribution < 1.29 is 14.7 Å². The van der Waals surface area contributed by atoms with E-state index in [1.807, 2.05) is 12.1 Å². The number of amides is 2. The third kappa shape index (κ3) is 2.76. The van der Waals surface area contributed by atoms with Gasteiger partial charge in [0.05, 0.1) is 17.2 Å². The molecule has 2 aromatic heterocycles. The average molecular weight is 355 g/mol. The number of aliphatic hydroxyl groups excluding tert-OH is 1. The minimum Gasteiger partial charge on any atom is -0.392 e. The summed E-state index contributed by atoms with van der Waals surface area (Å²) in [5.74, 6) is -0.363. The smallest absolute Gasteiger partial charge is 0.271 e. The third-order valence-electron chi connectivity index (χ3n) is 5.39. The van der Waals surface area contributed by atoms with E-state index in [0.29, 0.717) is 37.3 Å². The van der Waals surface area contributed by atoms with Gasteiger partial charge in [-0.1, -0.05) is 0 Å². The quantitative estimate of drug-likeness (QED) is 0.729. The lowest BCUT2D eigenvalue weighted by Gasteiger charge is -2.46. The summed E-state index contributed by atoms with van der Waals surface area (Å²) in [5.41, 5.74) is 1.00. The highest BCUT2D eigenvalue weighted by molar-refractivity contribution is 5.94. The summed E-state index contributed by atoms with van der Waals surface area (Å²) in [6.07, 6.45) is 4.41. The molecule has 3 N–H and O–H groups in total. The van der Waals surface area contributed by atoms with Crippen LogP contribution in [-0.2, 0) is 4.79 Å². The summed E-state index contributed by atoms with van der Waals surface area (Å²) in [5, 5.41) is 20.3. The molecule has 0 saturated carbocycles. The second kappa shape index (κ2) is 6.53. The van der Waals surface area contributed by atoms with Crippen LogP contribution in [-0.4, -0.2) is 62.7 Å². The highest BCUT2D eigenvalue weighted by Gasteiger charge is 2.50. The van der Waals surface area contributed by atoms with Gasteiger partial charge in [0.2, 0.25) is 5.91 Å². The number of likely N-dealkylation sites (tertiary alicyclic amines) is 1. The predicted molar refractivity (Wildman–Crippen MR) is 93.0 cm³/mol. The van der Waals surface area contributed by atoms with Crippen LogP contribution in [0.1, 0.15) is 29.8 Å². The molecule has 0 unspecified atom stereocenters. The minimum absolute atomic E-state index is 0.157. The number of hydrogen-bond donors (Lipinski definition) is 3. The number of carbonyl (C=O) groups excluding carboxylic acids is 2. The number of piperidine rings is 2. The molecule has 2 aromatic rings. The van der Waals surface area contributed by atoms with Crippen molar-refractivity contribution >= 4 is 11.8 Å². The Morgan fingerprint density at radius 2 is 2.15 bits per heavy atom. The van der Waals surface area contributed by atoms with Crippen molar-refractivity contribution in [3.8, 4) is 11.3 Å². The fourth-order valence-corrected chi connectivity index (χ4v) is 3.89. The highest BCUT2D eigenvalue weighted by atomic mass is 16.3. The molecule has 0 radical (unpaired) electrons. The van der Waals surface area contributed by atoms with Gasteiger partial charge >= 0.3 is 0 Å². The molecule has 1 spiro atoms. The van der Waals surface area contributed by atoms with Crippen LogP contribution in [0.2, 0.25) is 0 Å². The molecule has 2 saturated heterocycles. The van der Waals surface area contributed by atoms with Gasteiger partial charge in [0.25, 0.3) is 5.91 Å². The number of nitrogens with one attached hydrogen (secondary N) is 2. The van der Waals surface area contributed by atoms with Gasteiger partial charge in [-0.15, -0.1) is 0 Å². The molecule has 2 aliphatic rings. The minimum atomic E-state index is -0.903. The fourth-order valence-electron chi connectivity index (χ4n) is 3.89. The van der Waals surface area contributed by atoms with Gasteiger partial charge in [-0.2, -0.15) is 5.10 Å². The summed E-state index contributed by atoms with van der Waals surface area (Å²) < 4.78 is 0. The van der Waals surface area contributed by atoms with Crippen molar-refractivity contribution in [1.82, 2.24) is 25.4 Å². The van der Waals surface area contributed by atoms with Gasteiger partial charge in [-0.05, 0) is 37.5 Å². The number of carbonyl (C=O) groups is 2. The summed E-state index contributed by atoms with van der Waals surface area (Å²) in [4.78, 5) is 31.0. The number of aromatic amines is 1. The van der Waals surface area contributed by atoms with Crippen LogP contribution in [0, 0.1) is 5.41 Å². The van der Waals surface area contributed by atoms with Gasteiger partial charge < -0.3 is 15.3 Å². The van der Waals surface area contributed by atoms with E-state index < -0.39 is 11.5 Å². The summed E-state index contributed by atoms with van der Waals surface area (Å²) >= 11 is 0. The molecule has 136 valence electrons. The van der Waals surface area contributed by atoms with E-state index in [1.165, 1.54) is 0 Å². The van der Waals surface area contributed by atoms with Gasteiger partial charge in [0.15, 0.2) is 0 Å². The summed E-state index contributed by atoms with van der Waals surface area (Å²) in [6.45, 7) is 1.26. The van der Waals surface area contributed by atoms with Gasteiger partial charge in [0, 0.05) is 37.6 Å². The Balaban J connectivity index is 1.55. The van der Waals surface area contributed by atoms with E-state index >= 15 is 0 Å². The predicted octanol–water partition coefficient (Wildman–Crippen LogP) is 0.575. The molecule has 2 amide bonds. The molecule has 8 nitrogen and oxygen atoms in total. The maximum absolute atomic E-state index is 12.9. The molecule has 0 bridgehead atoms. The monoisotopic (exact) mass is 355 g/mol. The van der Waals surface area contributed by atoms with Crippen molar-refractivity contribution in [3.05, 3.63) is 36.3 Å². The number of hydrogen-bond acceptors (Lipinski definition) is 5. The van der Waals surface area contributed by atoms with Crippen LogP contribution in [0.4, 0.5) is 0 Å². The molecule has 0 aliphatic carbocycles. The van der Waals surface area contributed by atoms with Crippen LogP contribution in [0.25, 0.3) is 11.3 Å². The number of pyridine rings is 1. The van der Waals surface area contributed by atoms with Crippen molar-refractivity contribution in [1.29, 1.82) is 0 Å². The second-order valence-corrected chi connectivity index (χ2v) is 6.95. The first kappa shape index (κ1) is 16.7. The number of H-pyrrole nitrogens is 1. The lowest BCUT2D eigenvalue weighted by atomic mass is 9.71. The topological polar surface area (TPSA) is 111 Å². The Morgan fingerprint density at radius 1 is 1.35 bits per heavy atom. The zero-order chi connectivity index (χ0) is 18.1. The first-order chi connectivity index (χ1) is 12.6. The Hall–Kier alpha value is -2.74. The van der Waals surface area contributed by atoms with E-state index in [0.717, 1.165) is 12.0 Å². The first-order valence-electron chi connectivity index (χ1n) is 8.82. The zero-order valence-electron chi connectivity index (χ0n) is 14.3. The molecule has 4 rings (SSSR count). The first-order valence-corrected chi connectivity index (χ1v) is 8.82. The van der Waals surface area contributed by atoms with Crippen LogP contribution >= 0.6 is 0 Å². The van der Waals surface area contributed by atoms with Gasteiger partial charge in [-0.25, -0.2) is 0 Å². The molecule has 8 heteroatoms. The van der Waals surface area contributed by atoms with E-state index in [2.05, 4.69) is 20.5 Å². The van der Waals surface area contributed by atoms with Crippen LogP contribution in [0.5, 0.6) is 0 Å². The molecule has 0 aromatic carbocycles. The van der Waals surface area contributed by atoms with Crippen LogP contribution < -0.4 is 5.32 Å². The number of aliphatic hydroxyl groups is 1.